The molecule has 1 atom stereocenters. The average molecular weight is 505 g/mol. The molecule has 3 aliphatic heterocycles. The molecule has 2 saturated heterocycles. The van der Waals surface area contributed by atoms with Crippen molar-refractivity contribution < 1.29 is 31.9 Å². The SMILES string of the molecule is O=C1CC[C@H](N2Cc3cc(N4CCNCC4)ccc3C2=O)C(=O)N1.O=S(=O)(O)O.c1ccccc1. The third kappa shape index (κ3) is 7.86. The van der Waals surface area contributed by atoms with Crippen molar-refractivity contribution in [2.24, 2.45) is 0 Å². The number of nitrogens with zero attached hydrogens (tertiary/aromatic N) is 2. The molecule has 2 aromatic carbocycles. The molecular weight excluding hydrogens is 476 g/mol. The fourth-order valence-electron chi connectivity index (χ4n) is 4.07. The molecule has 188 valence electrons. The summed E-state index contributed by atoms with van der Waals surface area (Å²) in [5, 5.41) is 5.66. The number of benzene rings is 2. The van der Waals surface area contributed by atoms with Crippen LogP contribution in [0.15, 0.2) is 54.6 Å². The molecule has 4 N–H and O–H groups in total. The molecule has 0 bridgehead atoms. The maximum absolute atomic E-state index is 12.6. The molecular formula is C23H28N4O7S. The number of anilines is 1. The fourth-order valence-corrected chi connectivity index (χ4v) is 4.07. The number of hydrogen-bond donors (Lipinski definition) is 4. The van der Waals surface area contributed by atoms with Crippen LogP contribution in [-0.2, 0) is 26.5 Å². The van der Waals surface area contributed by atoms with Crippen LogP contribution >= 0.6 is 0 Å². The zero-order valence-electron chi connectivity index (χ0n) is 19.0. The lowest BCUT2D eigenvalue weighted by atomic mass is 10.0. The predicted octanol–water partition coefficient (Wildman–Crippen LogP) is 0.891. The smallest absolute Gasteiger partial charge is 0.369 e. The van der Waals surface area contributed by atoms with Gasteiger partial charge in [0.25, 0.3) is 5.91 Å². The lowest BCUT2D eigenvalue weighted by Crippen LogP contribution is -2.52. The highest BCUT2D eigenvalue weighted by Crippen LogP contribution is 2.30. The number of hydrogen-bond acceptors (Lipinski definition) is 7. The summed E-state index contributed by atoms with van der Waals surface area (Å²) in [6.45, 7) is 4.24. The molecule has 35 heavy (non-hydrogen) atoms. The highest BCUT2D eigenvalue weighted by atomic mass is 32.3. The van der Waals surface area contributed by atoms with Gasteiger partial charge in [0.15, 0.2) is 0 Å². The van der Waals surface area contributed by atoms with Crippen LogP contribution in [-0.4, -0.2) is 72.4 Å². The van der Waals surface area contributed by atoms with Gasteiger partial charge >= 0.3 is 10.4 Å². The lowest BCUT2D eigenvalue weighted by Gasteiger charge is -2.30. The van der Waals surface area contributed by atoms with E-state index >= 15 is 0 Å². The van der Waals surface area contributed by atoms with E-state index in [-0.39, 0.29) is 24.1 Å². The van der Waals surface area contributed by atoms with Gasteiger partial charge in [-0.1, -0.05) is 36.4 Å². The van der Waals surface area contributed by atoms with Gasteiger partial charge in [-0.25, -0.2) is 0 Å². The van der Waals surface area contributed by atoms with Gasteiger partial charge in [-0.05, 0) is 30.2 Å². The molecule has 0 spiro atoms. The monoisotopic (exact) mass is 504 g/mol. The molecule has 12 heteroatoms. The second-order valence-corrected chi connectivity index (χ2v) is 8.98. The van der Waals surface area contributed by atoms with E-state index < -0.39 is 16.4 Å². The molecule has 0 aromatic heterocycles. The number of piperazine rings is 1. The Kier molecular flexibility index (Phi) is 8.93. The molecule has 2 fully saturated rings. The van der Waals surface area contributed by atoms with Crippen molar-refractivity contribution in [1.29, 1.82) is 0 Å². The fraction of sp³-hybridized carbons (Fsp3) is 0.348. The first-order chi connectivity index (χ1) is 16.6. The van der Waals surface area contributed by atoms with E-state index in [0.29, 0.717) is 18.5 Å². The van der Waals surface area contributed by atoms with Crippen molar-refractivity contribution in [3.8, 4) is 0 Å². The number of rotatable bonds is 2. The van der Waals surface area contributed by atoms with E-state index in [0.717, 1.165) is 37.4 Å². The van der Waals surface area contributed by atoms with Crippen molar-refractivity contribution in [1.82, 2.24) is 15.5 Å². The highest BCUT2D eigenvalue weighted by Gasteiger charge is 2.39. The van der Waals surface area contributed by atoms with Gasteiger partial charge in [0.1, 0.15) is 6.04 Å². The Labute approximate surface area is 203 Å². The second kappa shape index (κ2) is 11.9. The highest BCUT2D eigenvalue weighted by molar-refractivity contribution is 7.79. The first-order valence-corrected chi connectivity index (χ1v) is 12.5. The summed E-state index contributed by atoms with van der Waals surface area (Å²) < 4.78 is 31.6. The third-order valence-electron chi connectivity index (χ3n) is 5.66. The van der Waals surface area contributed by atoms with E-state index in [1.807, 2.05) is 48.5 Å². The van der Waals surface area contributed by atoms with Crippen LogP contribution in [0.1, 0.15) is 28.8 Å². The summed E-state index contributed by atoms with van der Waals surface area (Å²) in [4.78, 5) is 39.9. The zero-order valence-corrected chi connectivity index (χ0v) is 19.8. The molecule has 0 aliphatic carbocycles. The normalized spacial score (nSPS) is 19.6. The van der Waals surface area contributed by atoms with E-state index in [1.165, 1.54) is 0 Å². The minimum absolute atomic E-state index is 0.119. The first-order valence-electron chi connectivity index (χ1n) is 11.1. The topological polar surface area (TPSA) is 156 Å². The van der Waals surface area contributed by atoms with Crippen LogP contribution in [0.4, 0.5) is 5.69 Å². The molecule has 0 saturated carbocycles. The third-order valence-corrected chi connectivity index (χ3v) is 5.66. The van der Waals surface area contributed by atoms with Crippen LogP contribution < -0.4 is 15.5 Å². The van der Waals surface area contributed by atoms with E-state index in [9.17, 15) is 14.4 Å². The molecule has 3 heterocycles. The molecule has 0 radical (unpaired) electrons. The Morgan fingerprint density at radius 3 is 2.03 bits per heavy atom. The maximum atomic E-state index is 12.6. The van der Waals surface area contributed by atoms with E-state index in [1.54, 1.807) is 4.90 Å². The van der Waals surface area contributed by atoms with Gasteiger partial charge in [-0.15, -0.1) is 0 Å². The number of piperidine rings is 1. The summed E-state index contributed by atoms with van der Waals surface area (Å²) in [6, 6.07) is 17.4. The van der Waals surface area contributed by atoms with Gasteiger partial charge in [0.05, 0.1) is 0 Å². The van der Waals surface area contributed by atoms with Gasteiger partial charge in [0, 0.05) is 50.4 Å². The van der Waals surface area contributed by atoms with Gasteiger partial charge in [-0.2, -0.15) is 8.42 Å². The quantitative estimate of drug-likeness (QED) is 0.344. The van der Waals surface area contributed by atoms with Gasteiger partial charge < -0.3 is 15.1 Å². The Morgan fingerprint density at radius 1 is 0.914 bits per heavy atom. The van der Waals surface area contributed by atoms with E-state index in [2.05, 4.69) is 21.6 Å². The summed E-state index contributed by atoms with van der Waals surface area (Å²) in [6.07, 6.45) is 0.678. The standard InChI is InChI=1S/C17H20N4O3.C6H6.H2O4S/c22-15-4-3-14(16(23)19-15)21-10-11-9-12(1-2-13(11)17(21)24)20-7-5-18-6-8-20;1-2-4-6-5-3-1;1-5(2,3)4/h1-2,9,14,18H,3-8,10H2,(H,19,22,23);1-6H;(H2,1,2,3,4)/t14-;;/m0../s1. The van der Waals surface area contributed by atoms with Crippen molar-refractivity contribution >= 4 is 33.8 Å². The summed E-state index contributed by atoms with van der Waals surface area (Å²) in [5.74, 6) is -0.748. The molecule has 0 unspecified atom stereocenters. The van der Waals surface area contributed by atoms with Crippen LogP contribution in [0, 0.1) is 0 Å². The molecule has 11 nitrogen and oxygen atoms in total. The van der Waals surface area contributed by atoms with Crippen molar-refractivity contribution in [3.05, 3.63) is 65.7 Å². The van der Waals surface area contributed by atoms with Crippen LogP contribution in [0.5, 0.6) is 0 Å². The predicted molar refractivity (Wildman–Crippen MR) is 128 cm³/mol. The minimum Gasteiger partial charge on any atom is -0.369 e. The van der Waals surface area contributed by atoms with Gasteiger partial charge in [-0.3, -0.25) is 28.8 Å². The Hall–Kier alpha value is -3.32. The molecule has 5 rings (SSSR count). The molecule has 2 aromatic rings. The second-order valence-electron chi connectivity index (χ2n) is 8.08. The summed E-state index contributed by atoms with van der Waals surface area (Å²) >= 11 is 0. The van der Waals surface area contributed by atoms with E-state index in [4.69, 9.17) is 17.5 Å². The zero-order chi connectivity index (χ0) is 25.4. The lowest BCUT2D eigenvalue weighted by molar-refractivity contribution is -0.136. The number of nitrogens with one attached hydrogen (secondary N) is 2. The van der Waals surface area contributed by atoms with Crippen molar-refractivity contribution in [2.75, 3.05) is 31.1 Å². The number of carbonyl (C=O) groups excluding carboxylic acids is 3. The minimum atomic E-state index is -4.67. The Balaban J connectivity index is 0.000000259. The Bertz CT molecular complexity index is 1120. The number of carbonyl (C=O) groups is 3. The van der Waals surface area contributed by atoms with Crippen molar-refractivity contribution in [2.45, 2.75) is 25.4 Å². The number of amides is 3. The average Bonchev–Trinajstić information content (AvgIpc) is 3.15. The molecule has 3 aliphatic rings. The van der Waals surface area contributed by atoms with Crippen LogP contribution in [0.3, 0.4) is 0 Å². The van der Waals surface area contributed by atoms with Crippen molar-refractivity contribution in [3.63, 3.8) is 0 Å². The molecule has 3 amide bonds. The largest absolute Gasteiger partial charge is 0.394 e. The Morgan fingerprint density at radius 2 is 1.49 bits per heavy atom. The van der Waals surface area contributed by atoms with Gasteiger partial charge in [0.2, 0.25) is 11.8 Å². The maximum Gasteiger partial charge on any atom is 0.394 e. The van der Waals surface area contributed by atoms with Crippen LogP contribution in [0.25, 0.3) is 0 Å². The number of fused-ring (bicyclic) bond motifs is 1. The van der Waals surface area contributed by atoms with Crippen LogP contribution in [0.2, 0.25) is 0 Å². The number of imide groups is 1. The summed E-state index contributed by atoms with van der Waals surface area (Å²) in [7, 11) is -4.67. The first kappa shape index (κ1) is 26.3. The summed E-state index contributed by atoms with van der Waals surface area (Å²) in [5.41, 5.74) is 2.74.